The van der Waals surface area contributed by atoms with Crippen LogP contribution in [0.5, 0.6) is 28.7 Å². The topological polar surface area (TPSA) is 109 Å². The first-order valence-electron chi connectivity index (χ1n) is 9.32. The Bertz CT molecular complexity index is 1090. The molecule has 0 amide bonds. The molecular weight excluding hydrogens is 425 g/mol. The Labute approximate surface area is 180 Å². The average Bonchev–Trinajstić information content (AvgIpc) is 3.27. The molecule has 2 aromatic carbocycles. The summed E-state index contributed by atoms with van der Waals surface area (Å²) in [6.07, 6.45) is 1.51. The molecule has 0 spiro atoms. The summed E-state index contributed by atoms with van der Waals surface area (Å²) in [5.41, 5.74) is 1.92. The van der Waals surface area contributed by atoms with Crippen molar-refractivity contribution in [1.29, 1.82) is 0 Å². The van der Waals surface area contributed by atoms with Crippen LogP contribution in [0.2, 0.25) is 0 Å². The van der Waals surface area contributed by atoms with Crippen LogP contribution in [0.4, 0.5) is 0 Å². The predicted molar refractivity (Wildman–Crippen MR) is 115 cm³/mol. The Kier molecular flexibility index (Phi) is 6.77. The second-order valence-corrected chi connectivity index (χ2v) is 8.48. The van der Waals surface area contributed by atoms with Gasteiger partial charge in [0, 0.05) is 11.1 Å². The fourth-order valence-corrected chi connectivity index (χ4v) is 3.58. The van der Waals surface area contributed by atoms with Crippen LogP contribution >= 0.6 is 7.60 Å². The van der Waals surface area contributed by atoms with Crippen molar-refractivity contribution >= 4 is 7.60 Å². The molecule has 0 aliphatic rings. The van der Waals surface area contributed by atoms with E-state index in [1.165, 1.54) is 28.4 Å². The van der Waals surface area contributed by atoms with Crippen LogP contribution in [0.15, 0.2) is 41.1 Å². The normalized spacial score (nSPS) is 12.7. The first-order chi connectivity index (χ1) is 14.9. The lowest BCUT2D eigenvalue weighted by molar-refractivity contribution is 0.324. The summed E-state index contributed by atoms with van der Waals surface area (Å²) in [6.45, 7) is 1.57. The zero-order valence-electron chi connectivity index (χ0n) is 17.9. The van der Waals surface area contributed by atoms with E-state index in [1.807, 2.05) is 0 Å². The molecule has 0 aliphatic heterocycles. The zero-order chi connectivity index (χ0) is 22.6. The predicted octanol–water partition coefficient (Wildman–Crippen LogP) is 4.63. The van der Waals surface area contributed by atoms with Crippen LogP contribution in [-0.4, -0.2) is 44.7 Å². The molecular formula is C21H24NO8P. The second-order valence-electron chi connectivity index (χ2n) is 6.39. The van der Waals surface area contributed by atoms with E-state index in [-0.39, 0.29) is 11.9 Å². The maximum absolute atomic E-state index is 12.1. The third-order valence-corrected chi connectivity index (χ3v) is 5.89. The van der Waals surface area contributed by atoms with E-state index in [9.17, 15) is 9.46 Å². The fraction of sp³-hybridized carbons (Fsp3) is 0.286. The molecule has 166 valence electrons. The van der Waals surface area contributed by atoms with Crippen LogP contribution < -0.4 is 23.5 Å². The minimum Gasteiger partial charge on any atom is -0.493 e. The van der Waals surface area contributed by atoms with Crippen molar-refractivity contribution in [3.8, 4) is 51.2 Å². The number of rotatable bonds is 9. The van der Waals surface area contributed by atoms with E-state index in [2.05, 4.69) is 5.16 Å². The molecule has 31 heavy (non-hydrogen) atoms. The molecule has 0 radical (unpaired) electrons. The number of ether oxygens (including phenoxy) is 4. The van der Waals surface area contributed by atoms with Gasteiger partial charge in [0.15, 0.2) is 28.8 Å². The van der Waals surface area contributed by atoms with Crippen molar-refractivity contribution in [2.45, 2.75) is 6.92 Å². The summed E-state index contributed by atoms with van der Waals surface area (Å²) < 4.78 is 44.4. The van der Waals surface area contributed by atoms with Crippen LogP contribution in [0.1, 0.15) is 6.92 Å². The van der Waals surface area contributed by atoms with Gasteiger partial charge < -0.3 is 32.9 Å². The quantitative estimate of drug-likeness (QED) is 0.468. The summed E-state index contributed by atoms with van der Waals surface area (Å²) in [4.78, 5) is 9.92. The lowest BCUT2D eigenvalue weighted by Gasteiger charge is -2.16. The number of methoxy groups -OCH3 is 4. The summed E-state index contributed by atoms with van der Waals surface area (Å²) in [6, 6.07) is 8.50. The summed E-state index contributed by atoms with van der Waals surface area (Å²) in [5, 5.41) is 3.93. The number of benzene rings is 2. The molecule has 0 fully saturated rings. The Morgan fingerprint density at radius 1 is 0.903 bits per heavy atom. The molecule has 10 heteroatoms. The molecule has 1 aromatic heterocycles. The standard InChI is InChI=1S/C21H24NO8P/c1-6-31(23,24)30-17-9-13(7-8-16(17)25-2)15-12-22-29-20(15)14-10-18(26-3)21(28-5)19(11-14)27-4/h7-12H,6H2,1-5H3,(H,23,24). The van der Waals surface area contributed by atoms with Gasteiger partial charge in [0.2, 0.25) is 5.75 Å². The summed E-state index contributed by atoms with van der Waals surface area (Å²) in [5.74, 6) is 2.29. The first-order valence-corrected chi connectivity index (χ1v) is 11.1. The highest BCUT2D eigenvalue weighted by molar-refractivity contribution is 7.53. The van der Waals surface area contributed by atoms with Crippen molar-refractivity contribution < 1.29 is 37.5 Å². The van der Waals surface area contributed by atoms with Crippen LogP contribution in [0.3, 0.4) is 0 Å². The van der Waals surface area contributed by atoms with Gasteiger partial charge >= 0.3 is 7.60 Å². The molecule has 0 saturated heterocycles. The van der Waals surface area contributed by atoms with Gasteiger partial charge in [-0.25, -0.2) is 4.57 Å². The highest BCUT2D eigenvalue weighted by atomic mass is 31.2. The van der Waals surface area contributed by atoms with E-state index in [4.69, 9.17) is 28.0 Å². The van der Waals surface area contributed by atoms with E-state index in [0.717, 1.165) is 0 Å². The third-order valence-electron chi connectivity index (χ3n) is 4.61. The lowest BCUT2D eigenvalue weighted by Crippen LogP contribution is -1.97. The van der Waals surface area contributed by atoms with Crippen molar-refractivity contribution in [3.63, 3.8) is 0 Å². The number of hydrogen-bond acceptors (Lipinski definition) is 8. The molecule has 0 bridgehead atoms. The largest absolute Gasteiger partial charge is 0.493 e. The smallest absolute Gasteiger partial charge is 0.376 e. The fourth-order valence-electron chi connectivity index (χ4n) is 3.00. The molecule has 1 atom stereocenters. The molecule has 0 saturated carbocycles. The Morgan fingerprint density at radius 2 is 1.52 bits per heavy atom. The maximum atomic E-state index is 12.1. The van der Waals surface area contributed by atoms with E-state index in [0.29, 0.717) is 45.4 Å². The summed E-state index contributed by atoms with van der Waals surface area (Å²) >= 11 is 0. The highest BCUT2D eigenvalue weighted by Crippen LogP contribution is 2.48. The minimum absolute atomic E-state index is 0.0374. The molecule has 3 aromatic rings. The van der Waals surface area contributed by atoms with Gasteiger partial charge in [0.1, 0.15) is 0 Å². The van der Waals surface area contributed by atoms with Crippen LogP contribution in [0.25, 0.3) is 22.5 Å². The van der Waals surface area contributed by atoms with Crippen molar-refractivity contribution in [2.24, 2.45) is 0 Å². The Morgan fingerprint density at radius 3 is 2.06 bits per heavy atom. The van der Waals surface area contributed by atoms with E-state index < -0.39 is 7.60 Å². The molecule has 9 nitrogen and oxygen atoms in total. The first kappa shape index (κ1) is 22.5. The van der Waals surface area contributed by atoms with Crippen molar-refractivity contribution in [2.75, 3.05) is 34.6 Å². The molecule has 1 heterocycles. The second kappa shape index (κ2) is 9.32. The van der Waals surface area contributed by atoms with E-state index in [1.54, 1.807) is 43.5 Å². The molecule has 1 unspecified atom stereocenters. The Hall–Kier alpha value is -3.16. The minimum atomic E-state index is -3.80. The zero-order valence-corrected chi connectivity index (χ0v) is 18.8. The molecule has 3 rings (SSSR count). The monoisotopic (exact) mass is 449 g/mol. The molecule has 1 N–H and O–H groups in total. The number of aromatic nitrogens is 1. The summed E-state index contributed by atoms with van der Waals surface area (Å²) in [7, 11) is 2.23. The third kappa shape index (κ3) is 4.62. The Balaban J connectivity index is 2.11. The highest BCUT2D eigenvalue weighted by Gasteiger charge is 2.23. The van der Waals surface area contributed by atoms with Gasteiger partial charge in [-0.3, -0.25) is 0 Å². The van der Waals surface area contributed by atoms with Gasteiger partial charge in [0.05, 0.1) is 40.8 Å². The van der Waals surface area contributed by atoms with Crippen LogP contribution in [-0.2, 0) is 4.57 Å². The van der Waals surface area contributed by atoms with Crippen LogP contribution in [0, 0.1) is 0 Å². The van der Waals surface area contributed by atoms with Gasteiger partial charge in [0.25, 0.3) is 0 Å². The van der Waals surface area contributed by atoms with Crippen molar-refractivity contribution in [1.82, 2.24) is 5.16 Å². The number of hydrogen-bond donors (Lipinski definition) is 1. The van der Waals surface area contributed by atoms with Gasteiger partial charge in [-0.05, 0) is 29.8 Å². The molecule has 0 aliphatic carbocycles. The van der Waals surface area contributed by atoms with Gasteiger partial charge in [-0.2, -0.15) is 0 Å². The lowest BCUT2D eigenvalue weighted by atomic mass is 10.0. The van der Waals surface area contributed by atoms with E-state index >= 15 is 0 Å². The van der Waals surface area contributed by atoms with Gasteiger partial charge in [-0.15, -0.1) is 0 Å². The van der Waals surface area contributed by atoms with Gasteiger partial charge in [-0.1, -0.05) is 18.1 Å². The average molecular weight is 449 g/mol. The van der Waals surface area contributed by atoms with Crippen molar-refractivity contribution in [3.05, 3.63) is 36.5 Å². The SMILES string of the molecule is CCP(=O)(O)Oc1cc(-c2cnoc2-c2cc(OC)c(OC)c(OC)c2)ccc1OC. The maximum Gasteiger partial charge on any atom is 0.376 e. The number of nitrogens with zero attached hydrogens (tertiary/aromatic N) is 1.